The number of carbonyl (C=O) groups excluding carboxylic acids is 1. The van der Waals surface area contributed by atoms with Crippen molar-refractivity contribution < 1.29 is 14.5 Å². The standard InChI is InChI=1S/C7H13NO4/c1-4-7(3,5-8(10)11)12-6(2)9/h4-5H2,1-3H3. The van der Waals surface area contributed by atoms with Gasteiger partial charge in [-0.25, -0.2) is 0 Å². The molecule has 12 heavy (non-hydrogen) atoms. The van der Waals surface area contributed by atoms with Crippen LogP contribution in [0.3, 0.4) is 0 Å². The van der Waals surface area contributed by atoms with Crippen molar-refractivity contribution in [3.63, 3.8) is 0 Å². The van der Waals surface area contributed by atoms with Gasteiger partial charge in [0, 0.05) is 11.8 Å². The Morgan fingerprint density at radius 1 is 1.67 bits per heavy atom. The molecule has 5 nitrogen and oxygen atoms in total. The minimum Gasteiger partial charge on any atom is -0.453 e. The number of carbonyl (C=O) groups is 1. The van der Waals surface area contributed by atoms with Gasteiger partial charge in [0.25, 0.3) is 0 Å². The average Bonchev–Trinajstić information content (AvgIpc) is 1.83. The minimum atomic E-state index is -0.963. The average molecular weight is 175 g/mol. The second-order valence-electron chi connectivity index (χ2n) is 2.89. The molecule has 0 aromatic heterocycles. The van der Waals surface area contributed by atoms with Crippen molar-refractivity contribution in [1.82, 2.24) is 0 Å². The molecule has 70 valence electrons. The second kappa shape index (κ2) is 4.04. The van der Waals surface area contributed by atoms with E-state index in [4.69, 9.17) is 4.74 Å². The summed E-state index contributed by atoms with van der Waals surface area (Å²) in [6, 6.07) is 0. The van der Waals surface area contributed by atoms with E-state index < -0.39 is 16.5 Å². The second-order valence-corrected chi connectivity index (χ2v) is 2.89. The maximum atomic E-state index is 10.6. The molecule has 0 N–H and O–H groups in total. The molecule has 0 aromatic carbocycles. The molecular formula is C7H13NO4. The number of nitro groups is 1. The fourth-order valence-corrected chi connectivity index (χ4v) is 0.836. The van der Waals surface area contributed by atoms with Crippen LogP contribution in [0.2, 0.25) is 0 Å². The van der Waals surface area contributed by atoms with Gasteiger partial charge in [0.15, 0.2) is 5.60 Å². The van der Waals surface area contributed by atoms with Crippen LogP contribution in [0.1, 0.15) is 27.2 Å². The van der Waals surface area contributed by atoms with Crippen molar-refractivity contribution in [2.24, 2.45) is 0 Å². The summed E-state index contributed by atoms with van der Waals surface area (Å²) in [7, 11) is 0. The summed E-state index contributed by atoms with van der Waals surface area (Å²) in [5.74, 6) is -0.485. The number of hydrogen-bond acceptors (Lipinski definition) is 4. The first-order valence-corrected chi connectivity index (χ1v) is 3.71. The Morgan fingerprint density at radius 2 is 2.17 bits per heavy atom. The van der Waals surface area contributed by atoms with Crippen LogP contribution in [-0.4, -0.2) is 23.0 Å². The van der Waals surface area contributed by atoms with Gasteiger partial charge in [-0.15, -0.1) is 0 Å². The highest BCUT2D eigenvalue weighted by molar-refractivity contribution is 5.66. The molecule has 1 atom stereocenters. The first-order valence-electron chi connectivity index (χ1n) is 3.71. The summed E-state index contributed by atoms with van der Waals surface area (Å²) in [6.45, 7) is 4.20. The van der Waals surface area contributed by atoms with E-state index in [1.165, 1.54) is 6.92 Å². The van der Waals surface area contributed by atoms with Crippen LogP contribution in [-0.2, 0) is 9.53 Å². The Balaban J connectivity index is 4.23. The van der Waals surface area contributed by atoms with E-state index >= 15 is 0 Å². The lowest BCUT2D eigenvalue weighted by molar-refractivity contribution is -0.499. The predicted molar refractivity (Wildman–Crippen MR) is 42.3 cm³/mol. The van der Waals surface area contributed by atoms with Crippen molar-refractivity contribution in [2.45, 2.75) is 32.8 Å². The summed E-state index contributed by atoms with van der Waals surface area (Å²) in [5.41, 5.74) is -0.963. The van der Waals surface area contributed by atoms with E-state index in [9.17, 15) is 14.9 Å². The summed E-state index contributed by atoms with van der Waals surface area (Å²) in [5, 5.41) is 10.2. The van der Waals surface area contributed by atoms with Crippen molar-refractivity contribution in [3.8, 4) is 0 Å². The number of ether oxygens (including phenoxy) is 1. The van der Waals surface area contributed by atoms with Gasteiger partial charge in [-0.1, -0.05) is 6.92 Å². The van der Waals surface area contributed by atoms with E-state index in [0.717, 1.165) is 0 Å². The van der Waals surface area contributed by atoms with Gasteiger partial charge < -0.3 is 4.74 Å². The molecule has 0 saturated carbocycles. The highest BCUT2D eigenvalue weighted by Gasteiger charge is 2.31. The summed E-state index contributed by atoms with van der Waals surface area (Å²) in [6.07, 6.45) is 0.438. The molecule has 0 spiro atoms. The monoisotopic (exact) mass is 175 g/mol. The molecule has 5 heteroatoms. The van der Waals surface area contributed by atoms with Gasteiger partial charge >= 0.3 is 5.97 Å². The van der Waals surface area contributed by atoms with Gasteiger partial charge in [0.05, 0.1) is 0 Å². The van der Waals surface area contributed by atoms with Crippen LogP contribution in [0, 0.1) is 10.1 Å². The number of rotatable bonds is 4. The van der Waals surface area contributed by atoms with Crippen LogP contribution < -0.4 is 0 Å². The van der Waals surface area contributed by atoms with E-state index in [2.05, 4.69) is 0 Å². The molecule has 0 aliphatic carbocycles. The molecule has 0 saturated heterocycles. The topological polar surface area (TPSA) is 69.4 Å². The van der Waals surface area contributed by atoms with Crippen LogP contribution in [0.4, 0.5) is 0 Å². The third-order valence-corrected chi connectivity index (χ3v) is 1.60. The molecule has 0 radical (unpaired) electrons. The zero-order chi connectivity index (χ0) is 9.78. The molecule has 0 rings (SSSR count). The number of nitrogens with zero attached hydrogens (tertiary/aromatic N) is 1. The first kappa shape index (κ1) is 10.9. The smallest absolute Gasteiger partial charge is 0.303 e. The van der Waals surface area contributed by atoms with Crippen LogP contribution >= 0.6 is 0 Å². The van der Waals surface area contributed by atoms with Gasteiger partial charge in [-0.2, -0.15) is 0 Å². The van der Waals surface area contributed by atoms with Crippen LogP contribution in [0.15, 0.2) is 0 Å². The van der Waals surface area contributed by atoms with Crippen molar-refractivity contribution >= 4 is 5.97 Å². The van der Waals surface area contributed by atoms with Gasteiger partial charge in [-0.3, -0.25) is 14.9 Å². The molecule has 0 aliphatic rings. The van der Waals surface area contributed by atoms with E-state index in [-0.39, 0.29) is 6.54 Å². The minimum absolute atomic E-state index is 0.344. The van der Waals surface area contributed by atoms with Crippen molar-refractivity contribution in [1.29, 1.82) is 0 Å². The highest BCUT2D eigenvalue weighted by Crippen LogP contribution is 2.15. The maximum Gasteiger partial charge on any atom is 0.303 e. The maximum absolute atomic E-state index is 10.6. The molecule has 0 fully saturated rings. The quantitative estimate of drug-likeness (QED) is 0.363. The lowest BCUT2D eigenvalue weighted by Crippen LogP contribution is -2.37. The van der Waals surface area contributed by atoms with Gasteiger partial charge in [-0.05, 0) is 13.3 Å². The number of hydrogen-bond donors (Lipinski definition) is 0. The predicted octanol–water partition coefficient (Wildman–Crippen LogP) is 0.995. The molecule has 0 aliphatic heterocycles. The normalized spacial score (nSPS) is 14.9. The van der Waals surface area contributed by atoms with Crippen molar-refractivity contribution in [3.05, 3.63) is 10.1 Å². The fraction of sp³-hybridized carbons (Fsp3) is 0.857. The lowest BCUT2D eigenvalue weighted by atomic mass is 10.0. The Kier molecular flexibility index (Phi) is 3.66. The summed E-state index contributed by atoms with van der Waals surface area (Å²) >= 11 is 0. The fourth-order valence-electron chi connectivity index (χ4n) is 0.836. The van der Waals surface area contributed by atoms with E-state index in [1.807, 2.05) is 0 Å². The number of esters is 1. The highest BCUT2D eigenvalue weighted by atomic mass is 16.6. The SMILES string of the molecule is CCC(C)(C[N+](=O)[O-])OC(C)=O. The third kappa shape index (κ3) is 3.90. The summed E-state index contributed by atoms with van der Waals surface area (Å²) < 4.78 is 4.82. The molecule has 0 heterocycles. The lowest BCUT2D eigenvalue weighted by Gasteiger charge is -2.22. The van der Waals surface area contributed by atoms with Crippen LogP contribution in [0.25, 0.3) is 0 Å². The zero-order valence-corrected chi connectivity index (χ0v) is 7.49. The molecule has 0 amide bonds. The Bertz CT molecular complexity index is 174. The van der Waals surface area contributed by atoms with Gasteiger partial charge in [0.2, 0.25) is 6.54 Å². The Morgan fingerprint density at radius 3 is 2.42 bits per heavy atom. The zero-order valence-electron chi connectivity index (χ0n) is 7.49. The van der Waals surface area contributed by atoms with Gasteiger partial charge in [0.1, 0.15) is 0 Å². The molecule has 1 unspecified atom stereocenters. The van der Waals surface area contributed by atoms with Crippen molar-refractivity contribution in [2.75, 3.05) is 6.54 Å². The molecule has 0 bridgehead atoms. The Labute approximate surface area is 70.9 Å². The van der Waals surface area contributed by atoms with E-state index in [0.29, 0.717) is 6.42 Å². The Hall–Kier alpha value is -1.13. The molecule has 0 aromatic rings. The summed E-state index contributed by atoms with van der Waals surface area (Å²) in [4.78, 5) is 20.2. The van der Waals surface area contributed by atoms with E-state index in [1.54, 1.807) is 13.8 Å². The molecular weight excluding hydrogens is 162 g/mol. The third-order valence-electron chi connectivity index (χ3n) is 1.60. The largest absolute Gasteiger partial charge is 0.453 e. The first-order chi connectivity index (χ1) is 5.39. The van der Waals surface area contributed by atoms with Crippen LogP contribution in [0.5, 0.6) is 0 Å².